The molecule has 0 saturated heterocycles. The van der Waals surface area contributed by atoms with E-state index >= 15 is 0 Å². The molecule has 2 aromatic rings. The summed E-state index contributed by atoms with van der Waals surface area (Å²) in [6.45, 7) is 3.14. The number of thiophene rings is 1. The van der Waals surface area contributed by atoms with Crippen LogP contribution in [0.5, 0.6) is 11.5 Å². The maximum Gasteiger partial charge on any atom is 0.161 e. The molecule has 0 bridgehead atoms. The normalized spacial score (nSPS) is 13.5. The van der Waals surface area contributed by atoms with E-state index in [0.29, 0.717) is 13.2 Å². The van der Waals surface area contributed by atoms with Gasteiger partial charge < -0.3 is 14.8 Å². The molecule has 1 aliphatic rings. The first-order chi connectivity index (χ1) is 9.42. The van der Waals surface area contributed by atoms with Crippen molar-refractivity contribution in [3.63, 3.8) is 0 Å². The van der Waals surface area contributed by atoms with Crippen LogP contribution in [0.3, 0.4) is 0 Å². The Bertz CT molecular complexity index is 525. The van der Waals surface area contributed by atoms with Crippen molar-refractivity contribution in [1.29, 1.82) is 0 Å². The van der Waals surface area contributed by atoms with Gasteiger partial charge in [-0.15, -0.1) is 0 Å². The summed E-state index contributed by atoms with van der Waals surface area (Å²) in [6.07, 6.45) is 1.08. The Kier molecular flexibility index (Phi) is 4.01. The van der Waals surface area contributed by atoms with E-state index in [9.17, 15) is 0 Å². The van der Waals surface area contributed by atoms with E-state index in [1.54, 1.807) is 11.3 Å². The van der Waals surface area contributed by atoms with E-state index < -0.39 is 0 Å². The van der Waals surface area contributed by atoms with E-state index in [1.165, 1.54) is 11.1 Å². The zero-order chi connectivity index (χ0) is 12.9. The molecule has 0 spiro atoms. The van der Waals surface area contributed by atoms with Crippen LogP contribution in [0.2, 0.25) is 0 Å². The summed E-state index contributed by atoms with van der Waals surface area (Å²) in [6, 6.07) is 8.32. The van der Waals surface area contributed by atoms with Gasteiger partial charge in [0.05, 0.1) is 0 Å². The van der Waals surface area contributed by atoms with Crippen LogP contribution < -0.4 is 14.8 Å². The molecule has 0 amide bonds. The van der Waals surface area contributed by atoms with E-state index in [-0.39, 0.29) is 0 Å². The van der Waals surface area contributed by atoms with Gasteiger partial charge in [-0.3, -0.25) is 0 Å². The smallest absolute Gasteiger partial charge is 0.161 e. The van der Waals surface area contributed by atoms with Gasteiger partial charge in [-0.2, -0.15) is 11.3 Å². The first-order valence-corrected chi connectivity index (χ1v) is 7.46. The van der Waals surface area contributed by atoms with Crippen molar-refractivity contribution >= 4 is 11.3 Å². The van der Waals surface area contributed by atoms with Gasteiger partial charge in [0.25, 0.3) is 0 Å². The number of hydrogen-bond acceptors (Lipinski definition) is 4. The third kappa shape index (κ3) is 3.28. The summed E-state index contributed by atoms with van der Waals surface area (Å²) in [7, 11) is 0. The third-order valence-corrected chi connectivity index (χ3v) is 3.84. The minimum atomic E-state index is 0.641. The summed E-state index contributed by atoms with van der Waals surface area (Å²) in [4.78, 5) is 0. The van der Waals surface area contributed by atoms with Crippen molar-refractivity contribution in [1.82, 2.24) is 5.32 Å². The Hall–Kier alpha value is -1.52. The lowest BCUT2D eigenvalue weighted by atomic mass is 10.2. The minimum Gasteiger partial charge on any atom is -0.486 e. The lowest BCUT2D eigenvalue weighted by molar-refractivity contribution is 0.171. The Morgan fingerprint density at radius 1 is 1.05 bits per heavy atom. The van der Waals surface area contributed by atoms with Crippen molar-refractivity contribution in [2.45, 2.75) is 13.0 Å². The second kappa shape index (κ2) is 6.08. The Labute approximate surface area is 117 Å². The fraction of sp³-hybridized carbons (Fsp3) is 0.333. The molecule has 3 nitrogen and oxygen atoms in total. The maximum absolute atomic E-state index is 5.58. The Morgan fingerprint density at radius 3 is 2.79 bits per heavy atom. The van der Waals surface area contributed by atoms with Crippen LogP contribution in [0, 0.1) is 0 Å². The lowest BCUT2D eigenvalue weighted by Gasteiger charge is -2.19. The van der Waals surface area contributed by atoms with Crippen LogP contribution in [0.4, 0.5) is 0 Å². The molecule has 0 radical (unpaired) electrons. The molecule has 4 heteroatoms. The number of fused-ring (bicyclic) bond motifs is 1. The fourth-order valence-electron chi connectivity index (χ4n) is 2.10. The molecule has 0 atom stereocenters. The zero-order valence-corrected chi connectivity index (χ0v) is 11.5. The molecule has 1 aliphatic heterocycles. The number of ether oxygens (including phenoxy) is 2. The van der Waals surface area contributed by atoms with Crippen LogP contribution in [0.15, 0.2) is 35.0 Å². The highest BCUT2D eigenvalue weighted by atomic mass is 32.1. The number of nitrogens with one attached hydrogen (secondary N) is 1. The van der Waals surface area contributed by atoms with Gasteiger partial charge in [-0.25, -0.2) is 0 Å². The molecule has 0 fully saturated rings. The van der Waals surface area contributed by atoms with E-state index in [4.69, 9.17) is 9.47 Å². The number of hydrogen-bond donors (Lipinski definition) is 1. The topological polar surface area (TPSA) is 30.5 Å². The molecule has 19 heavy (non-hydrogen) atoms. The van der Waals surface area contributed by atoms with Crippen LogP contribution >= 0.6 is 11.3 Å². The summed E-state index contributed by atoms with van der Waals surface area (Å²) >= 11 is 1.75. The molecular formula is C15H17NO2S. The predicted octanol–water partition coefficient (Wildman–Crippen LogP) is 2.85. The van der Waals surface area contributed by atoms with Crippen LogP contribution in [-0.2, 0) is 13.0 Å². The Balaban J connectivity index is 1.50. The van der Waals surface area contributed by atoms with Crippen molar-refractivity contribution in [2.24, 2.45) is 0 Å². The first-order valence-electron chi connectivity index (χ1n) is 6.52. The molecule has 0 saturated carbocycles. The monoisotopic (exact) mass is 275 g/mol. The van der Waals surface area contributed by atoms with Crippen molar-refractivity contribution in [3.05, 3.63) is 46.2 Å². The molecule has 1 N–H and O–H groups in total. The number of rotatable bonds is 5. The molecule has 2 heterocycles. The van der Waals surface area contributed by atoms with E-state index in [0.717, 1.165) is 31.0 Å². The van der Waals surface area contributed by atoms with Gasteiger partial charge in [0.1, 0.15) is 13.2 Å². The average molecular weight is 275 g/mol. The highest BCUT2D eigenvalue weighted by Crippen LogP contribution is 2.30. The summed E-state index contributed by atoms with van der Waals surface area (Å²) in [5.74, 6) is 1.72. The van der Waals surface area contributed by atoms with Gasteiger partial charge in [-0.05, 0) is 53.1 Å². The largest absolute Gasteiger partial charge is 0.486 e. The third-order valence-electron chi connectivity index (χ3n) is 3.11. The second-order valence-corrected chi connectivity index (χ2v) is 5.32. The average Bonchev–Trinajstić information content (AvgIpc) is 2.97. The van der Waals surface area contributed by atoms with Crippen LogP contribution in [0.1, 0.15) is 11.1 Å². The van der Waals surface area contributed by atoms with Gasteiger partial charge in [0.15, 0.2) is 11.5 Å². The van der Waals surface area contributed by atoms with Gasteiger partial charge in [0.2, 0.25) is 0 Å². The second-order valence-electron chi connectivity index (χ2n) is 4.54. The predicted molar refractivity (Wildman–Crippen MR) is 77.2 cm³/mol. The molecule has 1 aromatic heterocycles. The van der Waals surface area contributed by atoms with Gasteiger partial charge in [0, 0.05) is 6.54 Å². The summed E-state index contributed by atoms with van der Waals surface area (Å²) < 4.78 is 11.1. The van der Waals surface area contributed by atoms with Crippen molar-refractivity contribution in [2.75, 3.05) is 19.8 Å². The SMILES string of the molecule is c1cc(CCNCc2ccc3c(c2)OCCO3)cs1. The summed E-state index contributed by atoms with van der Waals surface area (Å²) in [5, 5.41) is 7.78. The van der Waals surface area contributed by atoms with E-state index in [1.807, 2.05) is 6.07 Å². The quantitative estimate of drug-likeness (QED) is 0.851. The summed E-state index contributed by atoms with van der Waals surface area (Å²) in [5.41, 5.74) is 2.63. The first kappa shape index (κ1) is 12.5. The van der Waals surface area contributed by atoms with Crippen LogP contribution in [-0.4, -0.2) is 19.8 Å². The van der Waals surface area contributed by atoms with Crippen LogP contribution in [0.25, 0.3) is 0 Å². The zero-order valence-electron chi connectivity index (χ0n) is 10.7. The highest BCUT2D eigenvalue weighted by molar-refractivity contribution is 7.07. The maximum atomic E-state index is 5.58. The minimum absolute atomic E-state index is 0.641. The molecule has 3 rings (SSSR count). The van der Waals surface area contributed by atoms with Gasteiger partial charge >= 0.3 is 0 Å². The van der Waals surface area contributed by atoms with Crippen molar-refractivity contribution < 1.29 is 9.47 Å². The highest BCUT2D eigenvalue weighted by Gasteiger charge is 2.11. The molecular weight excluding hydrogens is 258 g/mol. The lowest BCUT2D eigenvalue weighted by Crippen LogP contribution is -2.18. The standard InChI is InChI=1S/C15H17NO2S/c1-2-14-15(18-7-6-17-14)9-13(1)10-16-5-3-12-4-8-19-11-12/h1-2,4,8-9,11,16H,3,5-7,10H2. The fourth-order valence-corrected chi connectivity index (χ4v) is 2.80. The van der Waals surface area contributed by atoms with E-state index in [2.05, 4.69) is 34.3 Å². The number of benzene rings is 1. The molecule has 0 unspecified atom stereocenters. The van der Waals surface area contributed by atoms with Gasteiger partial charge in [-0.1, -0.05) is 6.07 Å². The van der Waals surface area contributed by atoms with Crippen molar-refractivity contribution in [3.8, 4) is 11.5 Å². The Morgan fingerprint density at radius 2 is 1.95 bits per heavy atom. The molecule has 1 aromatic carbocycles. The molecule has 0 aliphatic carbocycles. The molecule has 100 valence electrons.